The molecule has 0 spiro atoms. The van der Waals surface area contributed by atoms with E-state index in [4.69, 9.17) is 9.47 Å². The van der Waals surface area contributed by atoms with Crippen molar-refractivity contribution in [2.75, 3.05) is 13.2 Å². The molecule has 3 heterocycles. The number of nitrogens with zero attached hydrogens (tertiary/aromatic N) is 3. The maximum Gasteiger partial charge on any atom is 0.273 e. The van der Waals surface area contributed by atoms with Crippen LogP contribution in [0.2, 0.25) is 0 Å². The van der Waals surface area contributed by atoms with Crippen LogP contribution in [0, 0.1) is 5.82 Å². The molecule has 24 heavy (non-hydrogen) atoms. The van der Waals surface area contributed by atoms with Crippen LogP contribution in [-0.4, -0.2) is 52.2 Å². The van der Waals surface area contributed by atoms with Gasteiger partial charge in [0.05, 0.1) is 18.2 Å². The highest BCUT2D eigenvalue weighted by atomic mass is 32.1. The van der Waals surface area contributed by atoms with Gasteiger partial charge in [-0.1, -0.05) is 0 Å². The molecule has 126 valence electrons. The predicted molar refractivity (Wildman–Crippen MR) is 84.5 cm³/mol. The lowest BCUT2D eigenvalue weighted by Gasteiger charge is -2.38. The summed E-state index contributed by atoms with van der Waals surface area (Å²) in [5, 5.41) is 1.75. The Labute approximate surface area is 142 Å². The number of halogens is 1. The number of rotatable bonds is 3. The van der Waals surface area contributed by atoms with Gasteiger partial charge >= 0.3 is 0 Å². The molecule has 2 aliphatic rings. The van der Waals surface area contributed by atoms with E-state index in [0.29, 0.717) is 25.3 Å². The highest BCUT2D eigenvalue weighted by Gasteiger charge is 2.46. The summed E-state index contributed by atoms with van der Waals surface area (Å²) in [6.07, 6.45) is 2.34. The number of amides is 1. The molecule has 1 amide bonds. The minimum atomic E-state index is -0.493. The second kappa shape index (κ2) is 6.45. The van der Waals surface area contributed by atoms with Crippen LogP contribution in [0.1, 0.15) is 23.3 Å². The first-order valence-electron chi connectivity index (χ1n) is 7.82. The molecule has 4 rings (SSSR count). The molecule has 1 aliphatic heterocycles. The summed E-state index contributed by atoms with van der Waals surface area (Å²) >= 11 is 1.40. The first-order chi connectivity index (χ1) is 11.7. The molecule has 8 heteroatoms. The molecular weight excluding hydrogens is 333 g/mol. The van der Waals surface area contributed by atoms with Gasteiger partial charge in [-0.3, -0.25) is 4.79 Å². The van der Waals surface area contributed by atoms with Crippen molar-refractivity contribution in [2.24, 2.45) is 0 Å². The maximum absolute atomic E-state index is 13.8. The van der Waals surface area contributed by atoms with E-state index >= 15 is 0 Å². The van der Waals surface area contributed by atoms with Gasteiger partial charge in [0.1, 0.15) is 17.9 Å². The summed E-state index contributed by atoms with van der Waals surface area (Å²) in [4.78, 5) is 22.5. The fraction of sp³-hybridized carbons (Fsp3) is 0.438. The lowest BCUT2D eigenvalue weighted by molar-refractivity contribution is -0.0799. The van der Waals surface area contributed by atoms with Gasteiger partial charge in [0.25, 0.3) is 11.8 Å². The number of hydrogen-bond acceptors (Lipinski definition) is 6. The van der Waals surface area contributed by atoms with Gasteiger partial charge in [-0.2, -0.15) is 0 Å². The number of fused-ring (bicyclic) bond motifs is 1. The molecule has 1 saturated carbocycles. The number of ether oxygens (including phenoxy) is 2. The minimum Gasteiger partial charge on any atom is -0.469 e. The Morgan fingerprint density at radius 2 is 2.33 bits per heavy atom. The highest BCUT2D eigenvalue weighted by Crippen LogP contribution is 2.33. The van der Waals surface area contributed by atoms with Crippen molar-refractivity contribution in [1.82, 2.24) is 14.9 Å². The van der Waals surface area contributed by atoms with Crippen molar-refractivity contribution in [3.63, 3.8) is 0 Å². The lowest BCUT2D eigenvalue weighted by atomic mass is 10.1. The van der Waals surface area contributed by atoms with Crippen molar-refractivity contribution < 1.29 is 18.7 Å². The number of carbonyl (C=O) groups is 1. The number of hydrogen-bond donors (Lipinski definition) is 0. The second-order valence-electron chi connectivity index (χ2n) is 5.80. The van der Waals surface area contributed by atoms with Crippen LogP contribution < -0.4 is 4.74 Å². The van der Waals surface area contributed by atoms with Crippen molar-refractivity contribution >= 4 is 17.2 Å². The average Bonchev–Trinajstić information content (AvgIpc) is 3.26. The zero-order valence-corrected chi connectivity index (χ0v) is 13.6. The molecule has 0 N–H and O–H groups in total. The van der Waals surface area contributed by atoms with Crippen LogP contribution in [0.25, 0.3) is 0 Å². The maximum atomic E-state index is 13.8. The molecule has 0 unspecified atom stereocenters. The van der Waals surface area contributed by atoms with E-state index in [1.54, 1.807) is 15.8 Å². The SMILES string of the molecule is O=C(c1cscn1)N1CCO[C@@H]2[C@@H](Oc3ncccc3F)CC[C@H]21. The largest absolute Gasteiger partial charge is 0.469 e. The molecule has 3 atom stereocenters. The van der Waals surface area contributed by atoms with Crippen LogP contribution >= 0.6 is 11.3 Å². The van der Waals surface area contributed by atoms with E-state index in [1.165, 1.54) is 29.7 Å². The third kappa shape index (κ3) is 2.76. The van der Waals surface area contributed by atoms with Crippen LogP contribution in [0.5, 0.6) is 5.88 Å². The van der Waals surface area contributed by atoms with E-state index in [9.17, 15) is 9.18 Å². The Hall–Kier alpha value is -2.06. The molecule has 0 aromatic carbocycles. The van der Waals surface area contributed by atoms with Crippen LogP contribution in [0.4, 0.5) is 4.39 Å². The van der Waals surface area contributed by atoms with E-state index in [1.807, 2.05) is 0 Å². The summed E-state index contributed by atoms with van der Waals surface area (Å²) in [5.41, 5.74) is 2.11. The third-order valence-electron chi connectivity index (χ3n) is 4.44. The van der Waals surface area contributed by atoms with Crippen molar-refractivity contribution in [1.29, 1.82) is 0 Å². The van der Waals surface area contributed by atoms with Crippen LogP contribution in [-0.2, 0) is 4.74 Å². The van der Waals surface area contributed by atoms with Gasteiger partial charge in [0.15, 0.2) is 5.82 Å². The van der Waals surface area contributed by atoms with Gasteiger partial charge in [-0.05, 0) is 25.0 Å². The van der Waals surface area contributed by atoms with Crippen LogP contribution in [0.3, 0.4) is 0 Å². The molecule has 6 nitrogen and oxygen atoms in total. The summed E-state index contributed by atoms with van der Waals surface area (Å²) in [7, 11) is 0. The van der Waals surface area contributed by atoms with Crippen molar-refractivity contribution in [3.8, 4) is 5.88 Å². The number of aromatic nitrogens is 2. The van der Waals surface area contributed by atoms with Crippen LogP contribution in [0.15, 0.2) is 29.2 Å². The molecule has 2 aromatic heterocycles. The Kier molecular flexibility index (Phi) is 4.15. The summed E-state index contributed by atoms with van der Waals surface area (Å²) in [6, 6.07) is 2.75. The standard InChI is InChI=1S/C16H16FN3O3S/c17-10-2-1-5-18-15(10)23-13-4-3-12-14(13)22-7-6-20(12)16(21)11-8-24-9-19-11/h1-2,5,8-9,12-14H,3-4,6-7H2/t12-,13+,14+/m1/s1. The topological polar surface area (TPSA) is 64.6 Å². The Morgan fingerprint density at radius 1 is 1.42 bits per heavy atom. The van der Waals surface area contributed by atoms with Crippen molar-refractivity contribution in [3.05, 3.63) is 40.7 Å². The quantitative estimate of drug-likeness (QED) is 0.849. The average molecular weight is 349 g/mol. The molecule has 1 aliphatic carbocycles. The molecule has 0 bridgehead atoms. The monoisotopic (exact) mass is 349 g/mol. The molecule has 2 fully saturated rings. The van der Waals surface area contributed by atoms with E-state index < -0.39 is 5.82 Å². The molecule has 1 saturated heterocycles. The van der Waals surface area contributed by atoms with Gasteiger partial charge in [0, 0.05) is 18.1 Å². The van der Waals surface area contributed by atoms with Gasteiger partial charge in [0.2, 0.25) is 0 Å². The van der Waals surface area contributed by atoms with E-state index in [-0.39, 0.29) is 30.0 Å². The zero-order chi connectivity index (χ0) is 16.5. The highest BCUT2D eigenvalue weighted by molar-refractivity contribution is 7.07. The zero-order valence-electron chi connectivity index (χ0n) is 12.8. The van der Waals surface area contributed by atoms with Gasteiger partial charge in [-0.25, -0.2) is 14.4 Å². The number of pyridine rings is 1. The molecule has 2 aromatic rings. The smallest absolute Gasteiger partial charge is 0.273 e. The fourth-order valence-electron chi connectivity index (χ4n) is 3.36. The van der Waals surface area contributed by atoms with E-state index in [2.05, 4.69) is 9.97 Å². The second-order valence-corrected chi connectivity index (χ2v) is 6.52. The number of carbonyl (C=O) groups excluding carboxylic acids is 1. The number of thiazole rings is 1. The van der Waals surface area contributed by atoms with Gasteiger partial charge in [-0.15, -0.1) is 11.3 Å². The Bertz CT molecular complexity index is 727. The summed E-state index contributed by atoms with van der Waals surface area (Å²) in [6.45, 7) is 0.962. The fourth-order valence-corrected chi connectivity index (χ4v) is 3.89. The normalized spacial score (nSPS) is 26.2. The number of morpholine rings is 1. The Balaban J connectivity index is 1.50. The lowest BCUT2D eigenvalue weighted by Crippen LogP contribution is -2.54. The Morgan fingerprint density at radius 3 is 3.12 bits per heavy atom. The van der Waals surface area contributed by atoms with Crippen molar-refractivity contribution in [2.45, 2.75) is 31.1 Å². The third-order valence-corrected chi connectivity index (χ3v) is 5.02. The predicted octanol–water partition coefficient (Wildman–Crippen LogP) is 2.13. The van der Waals surface area contributed by atoms with E-state index in [0.717, 1.165) is 6.42 Å². The summed E-state index contributed by atoms with van der Waals surface area (Å²) < 4.78 is 25.3. The van der Waals surface area contributed by atoms with Gasteiger partial charge < -0.3 is 14.4 Å². The minimum absolute atomic E-state index is 0.0188. The molecule has 0 radical (unpaired) electrons. The summed E-state index contributed by atoms with van der Waals surface area (Å²) in [5.74, 6) is -0.596. The first kappa shape index (κ1) is 15.5. The first-order valence-corrected chi connectivity index (χ1v) is 8.76. The molecular formula is C16H16FN3O3S.